The normalized spacial score (nSPS) is 29.0. The molecule has 1 saturated carbocycles. The second-order valence-electron chi connectivity index (χ2n) is 6.20. The average Bonchev–Trinajstić information content (AvgIpc) is 2.72. The lowest BCUT2D eigenvalue weighted by atomic mass is 9.76. The molecule has 2 fully saturated rings. The van der Waals surface area contributed by atoms with E-state index in [1.54, 1.807) is 11.1 Å². The fraction of sp³-hybridized carbons (Fsp3) is 0.562. The lowest BCUT2D eigenvalue weighted by Crippen LogP contribution is -2.52. The largest absolute Gasteiger partial charge is 0.325 e. The maximum absolute atomic E-state index is 12.3. The van der Waals surface area contributed by atoms with Crippen LogP contribution < -0.4 is 5.32 Å². The Morgan fingerprint density at radius 1 is 1.33 bits per heavy atom. The van der Waals surface area contributed by atoms with Crippen LogP contribution in [-0.4, -0.2) is 33.9 Å². The Kier molecular flexibility index (Phi) is 3.66. The van der Waals surface area contributed by atoms with Gasteiger partial charge in [0, 0.05) is 24.9 Å². The van der Waals surface area contributed by atoms with E-state index in [1.807, 2.05) is 18.2 Å². The molecule has 1 spiro atoms. The molecule has 1 N–H and O–H groups in total. The minimum absolute atomic E-state index is 0.111. The molecule has 2 aliphatic rings. The number of carbonyl (C=O) groups is 2. The molecule has 1 saturated heterocycles. The van der Waals surface area contributed by atoms with Crippen molar-refractivity contribution in [2.24, 2.45) is 5.92 Å². The third-order valence-electron chi connectivity index (χ3n) is 4.82. The number of nitrogens with zero attached hydrogens (tertiary/aromatic N) is 2. The average molecular weight is 287 g/mol. The van der Waals surface area contributed by atoms with E-state index in [2.05, 4.69) is 17.2 Å². The van der Waals surface area contributed by atoms with Gasteiger partial charge in [-0.1, -0.05) is 13.0 Å². The molecule has 0 atom stereocenters. The summed E-state index contributed by atoms with van der Waals surface area (Å²) in [5.41, 5.74) is 0.335. The second kappa shape index (κ2) is 5.47. The summed E-state index contributed by atoms with van der Waals surface area (Å²) in [5.74, 6) is 0.525. The highest BCUT2D eigenvalue weighted by Gasteiger charge is 2.53. The molecule has 1 aliphatic carbocycles. The number of amides is 3. The molecule has 0 unspecified atom stereocenters. The lowest BCUT2D eigenvalue weighted by molar-refractivity contribution is -0.128. The van der Waals surface area contributed by atoms with Crippen LogP contribution in [0.5, 0.6) is 0 Å². The molecule has 1 aliphatic heterocycles. The van der Waals surface area contributed by atoms with E-state index >= 15 is 0 Å². The zero-order valence-corrected chi connectivity index (χ0v) is 12.3. The topological polar surface area (TPSA) is 62.3 Å². The SMILES string of the molecule is CC1CCC2(CC1)C(=O)NC(=O)N2CCc1ccccn1. The first kappa shape index (κ1) is 14.0. The molecule has 1 aromatic rings. The van der Waals surface area contributed by atoms with Gasteiger partial charge in [0.2, 0.25) is 0 Å². The van der Waals surface area contributed by atoms with Gasteiger partial charge in [-0.2, -0.15) is 0 Å². The summed E-state index contributed by atoms with van der Waals surface area (Å²) in [4.78, 5) is 30.5. The second-order valence-corrected chi connectivity index (χ2v) is 6.20. The van der Waals surface area contributed by atoms with Crippen LogP contribution in [0.3, 0.4) is 0 Å². The molecular formula is C16H21N3O2. The number of hydrogen-bond acceptors (Lipinski definition) is 3. The first-order valence-corrected chi connectivity index (χ1v) is 7.65. The van der Waals surface area contributed by atoms with E-state index in [0.29, 0.717) is 18.9 Å². The van der Waals surface area contributed by atoms with Crippen molar-refractivity contribution in [2.75, 3.05) is 6.54 Å². The van der Waals surface area contributed by atoms with Crippen LogP contribution in [-0.2, 0) is 11.2 Å². The number of pyridine rings is 1. The van der Waals surface area contributed by atoms with E-state index in [0.717, 1.165) is 31.4 Å². The lowest BCUT2D eigenvalue weighted by Gasteiger charge is -2.40. The number of hydrogen-bond donors (Lipinski definition) is 1. The van der Waals surface area contributed by atoms with Gasteiger partial charge < -0.3 is 4.90 Å². The van der Waals surface area contributed by atoms with Crippen LogP contribution in [0.1, 0.15) is 38.3 Å². The molecule has 112 valence electrons. The van der Waals surface area contributed by atoms with Gasteiger partial charge in [-0.15, -0.1) is 0 Å². The molecule has 3 amide bonds. The number of rotatable bonds is 3. The predicted molar refractivity (Wildman–Crippen MR) is 78.5 cm³/mol. The number of nitrogens with one attached hydrogen (secondary N) is 1. The third kappa shape index (κ3) is 2.52. The van der Waals surface area contributed by atoms with Crippen molar-refractivity contribution < 1.29 is 9.59 Å². The highest BCUT2D eigenvalue weighted by atomic mass is 16.2. The molecule has 1 aromatic heterocycles. The first-order chi connectivity index (χ1) is 10.1. The van der Waals surface area contributed by atoms with E-state index in [1.165, 1.54) is 0 Å². The van der Waals surface area contributed by atoms with Gasteiger partial charge in [-0.3, -0.25) is 15.1 Å². The molecule has 3 rings (SSSR count). The fourth-order valence-corrected chi connectivity index (χ4v) is 3.42. The number of aromatic nitrogens is 1. The fourth-order valence-electron chi connectivity index (χ4n) is 3.42. The molecular weight excluding hydrogens is 266 g/mol. The summed E-state index contributed by atoms with van der Waals surface area (Å²) in [5, 5.41) is 2.51. The van der Waals surface area contributed by atoms with Crippen molar-refractivity contribution in [3.8, 4) is 0 Å². The van der Waals surface area contributed by atoms with Gasteiger partial charge in [-0.25, -0.2) is 4.79 Å². The van der Waals surface area contributed by atoms with Crippen LogP contribution in [0.4, 0.5) is 4.79 Å². The van der Waals surface area contributed by atoms with Crippen LogP contribution in [0.2, 0.25) is 0 Å². The van der Waals surface area contributed by atoms with E-state index in [4.69, 9.17) is 0 Å². The first-order valence-electron chi connectivity index (χ1n) is 7.65. The van der Waals surface area contributed by atoms with Gasteiger partial charge in [0.05, 0.1) is 0 Å². The molecule has 0 radical (unpaired) electrons. The molecule has 5 nitrogen and oxygen atoms in total. The smallest absolute Gasteiger partial charge is 0.309 e. The van der Waals surface area contributed by atoms with Crippen molar-refractivity contribution >= 4 is 11.9 Å². The number of imide groups is 1. The minimum atomic E-state index is -0.613. The van der Waals surface area contributed by atoms with Crippen molar-refractivity contribution in [3.05, 3.63) is 30.1 Å². The van der Waals surface area contributed by atoms with E-state index < -0.39 is 5.54 Å². The molecule has 5 heteroatoms. The maximum Gasteiger partial charge on any atom is 0.325 e. The van der Waals surface area contributed by atoms with E-state index in [9.17, 15) is 9.59 Å². The summed E-state index contributed by atoms with van der Waals surface area (Å²) in [6.07, 6.45) is 5.98. The highest BCUT2D eigenvalue weighted by Crippen LogP contribution is 2.39. The third-order valence-corrected chi connectivity index (χ3v) is 4.82. The van der Waals surface area contributed by atoms with Crippen molar-refractivity contribution in [1.29, 1.82) is 0 Å². The Balaban J connectivity index is 1.75. The molecule has 21 heavy (non-hydrogen) atoms. The number of urea groups is 1. The monoisotopic (exact) mass is 287 g/mol. The Hall–Kier alpha value is -1.91. The predicted octanol–water partition coefficient (Wildman–Crippen LogP) is 2.12. The van der Waals surface area contributed by atoms with Crippen LogP contribution in [0.25, 0.3) is 0 Å². The number of carbonyl (C=O) groups excluding carboxylic acids is 2. The van der Waals surface area contributed by atoms with Crippen molar-refractivity contribution in [1.82, 2.24) is 15.2 Å². The Morgan fingerprint density at radius 3 is 2.76 bits per heavy atom. The summed E-state index contributed by atoms with van der Waals surface area (Å²) in [7, 11) is 0. The van der Waals surface area contributed by atoms with Crippen molar-refractivity contribution in [2.45, 2.75) is 44.6 Å². The summed E-state index contributed by atoms with van der Waals surface area (Å²) in [6, 6.07) is 5.52. The maximum atomic E-state index is 12.3. The summed E-state index contributed by atoms with van der Waals surface area (Å²) in [6.45, 7) is 2.75. The van der Waals surface area contributed by atoms with Gasteiger partial charge in [-0.05, 0) is 43.7 Å². The Labute approximate surface area is 124 Å². The summed E-state index contributed by atoms with van der Waals surface area (Å²) < 4.78 is 0. The van der Waals surface area contributed by atoms with Gasteiger partial charge in [0.15, 0.2) is 0 Å². The minimum Gasteiger partial charge on any atom is -0.309 e. The molecule has 0 bridgehead atoms. The van der Waals surface area contributed by atoms with Crippen molar-refractivity contribution in [3.63, 3.8) is 0 Å². The van der Waals surface area contributed by atoms with Crippen LogP contribution >= 0.6 is 0 Å². The zero-order chi connectivity index (χ0) is 14.9. The molecule has 2 heterocycles. The van der Waals surface area contributed by atoms with Gasteiger partial charge in [0.25, 0.3) is 5.91 Å². The quantitative estimate of drug-likeness (QED) is 0.866. The van der Waals surface area contributed by atoms with Crippen LogP contribution in [0.15, 0.2) is 24.4 Å². The molecule has 0 aromatic carbocycles. The Morgan fingerprint density at radius 2 is 2.10 bits per heavy atom. The van der Waals surface area contributed by atoms with Crippen LogP contribution in [0, 0.1) is 5.92 Å². The highest BCUT2D eigenvalue weighted by molar-refractivity contribution is 6.07. The Bertz CT molecular complexity index is 536. The zero-order valence-electron chi connectivity index (χ0n) is 12.3. The standard InChI is InChI=1S/C16H21N3O2/c1-12-5-8-16(9-6-12)14(20)18-15(21)19(16)11-7-13-4-2-3-10-17-13/h2-4,10,12H,5-9,11H2,1H3,(H,18,20,21). The summed E-state index contributed by atoms with van der Waals surface area (Å²) >= 11 is 0. The van der Waals surface area contributed by atoms with Gasteiger partial charge in [0.1, 0.15) is 5.54 Å². The van der Waals surface area contributed by atoms with Gasteiger partial charge >= 0.3 is 6.03 Å². The van der Waals surface area contributed by atoms with E-state index in [-0.39, 0.29) is 11.9 Å².